The van der Waals surface area contributed by atoms with Crippen molar-refractivity contribution in [3.8, 4) is 5.69 Å². The summed E-state index contributed by atoms with van der Waals surface area (Å²) in [5, 5.41) is 7.00. The summed E-state index contributed by atoms with van der Waals surface area (Å²) in [6.07, 6.45) is 3.13. The van der Waals surface area contributed by atoms with E-state index in [0.29, 0.717) is 6.42 Å². The standard InChI is InChI=1S/C13H12ClF2N3O/c1-2-3-4-11(20)10-7-19(18-17-10)13-9(15)6-5-8(14)12(13)16/h5-7H,2-4H2,1H3. The molecule has 0 aliphatic rings. The number of unbranched alkanes of at least 4 members (excludes halogenated alkanes) is 1. The van der Waals surface area contributed by atoms with Crippen LogP contribution in [0.15, 0.2) is 18.3 Å². The molecule has 0 saturated carbocycles. The SMILES string of the molecule is CCCCC(=O)c1cn(-c2c(F)ccc(Cl)c2F)nn1. The van der Waals surface area contributed by atoms with Crippen LogP contribution in [0.25, 0.3) is 5.69 Å². The first-order chi connectivity index (χ1) is 9.54. The molecule has 0 saturated heterocycles. The number of benzene rings is 1. The van der Waals surface area contributed by atoms with Crippen LogP contribution in [0.3, 0.4) is 0 Å². The van der Waals surface area contributed by atoms with Crippen molar-refractivity contribution in [2.45, 2.75) is 26.2 Å². The maximum Gasteiger partial charge on any atom is 0.184 e. The number of halogens is 3. The molecule has 7 heteroatoms. The summed E-state index contributed by atoms with van der Waals surface area (Å²) in [6.45, 7) is 1.96. The molecule has 0 fully saturated rings. The van der Waals surface area contributed by atoms with E-state index in [9.17, 15) is 13.6 Å². The van der Waals surface area contributed by atoms with Gasteiger partial charge < -0.3 is 0 Å². The maximum absolute atomic E-state index is 13.8. The Morgan fingerprint density at radius 1 is 1.40 bits per heavy atom. The van der Waals surface area contributed by atoms with Crippen LogP contribution >= 0.6 is 11.6 Å². The van der Waals surface area contributed by atoms with E-state index in [1.807, 2.05) is 6.92 Å². The van der Waals surface area contributed by atoms with Crippen molar-refractivity contribution in [1.29, 1.82) is 0 Å². The monoisotopic (exact) mass is 299 g/mol. The van der Waals surface area contributed by atoms with E-state index < -0.39 is 17.3 Å². The third kappa shape index (κ3) is 2.85. The summed E-state index contributed by atoms with van der Waals surface area (Å²) in [4.78, 5) is 11.8. The minimum Gasteiger partial charge on any atom is -0.292 e. The van der Waals surface area contributed by atoms with Gasteiger partial charge in [-0.2, -0.15) is 0 Å². The van der Waals surface area contributed by atoms with Crippen LogP contribution in [0.2, 0.25) is 5.02 Å². The third-order valence-corrected chi connectivity index (χ3v) is 3.08. The van der Waals surface area contributed by atoms with E-state index in [1.165, 1.54) is 6.20 Å². The summed E-state index contributed by atoms with van der Waals surface area (Å²) >= 11 is 5.60. The van der Waals surface area contributed by atoms with Crippen molar-refractivity contribution in [3.63, 3.8) is 0 Å². The lowest BCUT2D eigenvalue weighted by molar-refractivity contribution is 0.0975. The minimum atomic E-state index is -0.941. The number of aromatic nitrogens is 3. The Balaban J connectivity index is 2.34. The molecule has 0 bridgehead atoms. The highest BCUT2D eigenvalue weighted by molar-refractivity contribution is 6.30. The van der Waals surface area contributed by atoms with Crippen molar-refractivity contribution in [2.75, 3.05) is 0 Å². The first kappa shape index (κ1) is 14.6. The van der Waals surface area contributed by atoms with E-state index in [0.717, 1.165) is 29.7 Å². The molecule has 1 heterocycles. The van der Waals surface area contributed by atoms with Crippen molar-refractivity contribution >= 4 is 17.4 Å². The van der Waals surface area contributed by atoms with Crippen LogP contribution in [0.1, 0.15) is 36.7 Å². The average Bonchev–Trinajstić information content (AvgIpc) is 2.90. The van der Waals surface area contributed by atoms with Crippen LogP contribution in [0.5, 0.6) is 0 Å². The molecule has 0 atom stereocenters. The Kier molecular flexibility index (Phi) is 4.44. The van der Waals surface area contributed by atoms with Gasteiger partial charge in [0.2, 0.25) is 0 Å². The Hall–Kier alpha value is -1.82. The smallest absolute Gasteiger partial charge is 0.184 e. The van der Waals surface area contributed by atoms with E-state index in [1.54, 1.807) is 0 Å². The van der Waals surface area contributed by atoms with Gasteiger partial charge in [0.15, 0.2) is 17.4 Å². The topological polar surface area (TPSA) is 47.8 Å². The lowest BCUT2D eigenvalue weighted by Gasteiger charge is -2.04. The second kappa shape index (κ2) is 6.09. The van der Waals surface area contributed by atoms with Crippen molar-refractivity contribution < 1.29 is 13.6 Å². The molecule has 0 aliphatic carbocycles. The molecule has 2 rings (SSSR count). The fourth-order valence-electron chi connectivity index (χ4n) is 1.69. The number of nitrogens with zero attached hydrogens (tertiary/aromatic N) is 3. The van der Waals surface area contributed by atoms with Gasteiger partial charge in [0.1, 0.15) is 11.4 Å². The second-order valence-electron chi connectivity index (χ2n) is 4.27. The highest BCUT2D eigenvalue weighted by Gasteiger charge is 2.18. The van der Waals surface area contributed by atoms with E-state index in [2.05, 4.69) is 10.3 Å². The molecule has 106 valence electrons. The molecule has 0 N–H and O–H groups in total. The molecular weight excluding hydrogens is 288 g/mol. The molecule has 0 aliphatic heterocycles. The zero-order valence-electron chi connectivity index (χ0n) is 10.7. The van der Waals surface area contributed by atoms with Gasteiger partial charge in [-0.05, 0) is 18.6 Å². The van der Waals surface area contributed by atoms with Crippen molar-refractivity contribution in [3.05, 3.63) is 40.7 Å². The zero-order chi connectivity index (χ0) is 14.7. The van der Waals surface area contributed by atoms with Gasteiger partial charge in [0, 0.05) is 6.42 Å². The van der Waals surface area contributed by atoms with Gasteiger partial charge in [-0.15, -0.1) is 5.10 Å². The molecule has 2 aromatic rings. The number of carbonyl (C=O) groups excluding carboxylic acids is 1. The Labute approximate surface area is 119 Å². The molecule has 20 heavy (non-hydrogen) atoms. The Morgan fingerprint density at radius 3 is 2.85 bits per heavy atom. The highest BCUT2D eigenvalue weighted by atomic mass is 35.5. The first-order valence-electron chi connectivity index (χ1n) is 6.14. The van der Waals surface area contributed by atoms with Crippen LogP contribution in [-0.2, 0) is 0 Å². The normalized spacial score (nSPS) is 10.8. The predicted molar refractivity (Wildman–Crippen MR) is 70.1 cm³/mol. The largest absolute Gasteiger partial charge is 0.292 e. The second-order valence-corrected chi connectivity index (χ2v) is 4.67. The number of hydrogen-bond acceptors (Lipinski definition) is 3. The van der Waals surface area contributed by atoms with Gasteiger partial charge in [-0.3, -0.25) is 4.79 Å². The zero-order valence-corrected chi connectivity index (χ0v) is 11.5. The predicted octanol–water partition coefficient (Wildman–Crippen LogP) is 3.57. The van der Waals surface area contributed by atoms with Gasteiger partial charge in [-0.1, -0.05) is 30.2 Å². The summed E-state index contributed by atoms with van der Waals surface area (Å²) in [7, 11) is 0. The number of carbonyl (C=O) groups is 1. The van der Waals surface area contributed by atoms with Gasteiger partial charge in [0.05, 0.1) is 11.2 Å². The van der Waals surface area contributed by atoms with Gasteiger partial charge >= 0.3 is 0 Å². The lowest BCUT2D eigenvalue weighted by Crippen LogP contribution is -2.03. The van der Waals surface area contributed by atoms with Crippen LogP contribution in [-0.4, -0.2) is 20.8 Å². The summed E-state index contributed by atoms with van der Waals surface area (Å²) in [6, 6.07) is 2.14. The van der Waals surface area contributed by atoms with Crippen molar-refractivity contribution in [2.24, 2.45) is 0 Å². The highest BCUT2D eigenvalue weighted by Crippen LogP contribution is 2.24. The molecule has 1 aromatic carbocycles. The summed E-state index contributed by atoms with van der Waals surface area (Å²) in [5.41, 5.74) is -0.364. The molecule has 0 amide bonds. The van der Waals surface area contributed by atoms with E-state index in [4.69, 9.17) is 11.6 Å². The number of Topliss-reactive ketones (excluding diaryl/α,β-unsaturated/α-hetero) is 1. The van der Waals surface area contributed by atoms with Crippen molar-refractivity contribution in [1.82, 2.24) is 15.0 Å². The maximum atomic E-state index is 13.8. The molecule has 1 aromatic heterocycles. The summed E-state index contributed by atoms with van der Waals surface area (Å²) < 4.78 is 28.4. The summed E-state index contributed by atoms with van der Waals surface area (Å²) in [5.74, 6) is -1.98. The average molecular weight is 300 g/mol. The van der Waals surface area contributed by atoms with Crippen LogP contribution in [0.4, 0.5) is 8.78 Å². The molecule has 4 nitrogen and oxygen atoms in total. The number of rotatable bonds is 5. The fourth-order valence-corrected chi connectivity index (χ4v) is 1.85. The minimum absolute atomic E-state index is 0.0808. The molecule has 0 radical (unpaired) electrons. The van der Waals surface area contributed by atoms with Gasteiger partial charge in [0.25, 0.3) is 0 Å². The molecule has 0 spiro atoms. The Bertz CT molecular complexity index is 643. The van der Waals surface area contributed by atoms with Crippen LogP contribution < -0.4 is 0 Å². The van der Waals surface area contributed by atoms with Crippen LogP contribution in [0, 0.1) is 11.6 Å². The Morgan fingerprint density at radius 2 is 2.15 bits per heavy atom. The molecule has 0 unspecified atom stereocenters. The fraction of sp³-hybridized carbons (Fsp3) is 0.308. The number of hydrogen-bond donors (Lipinski definition) is 0. The molecular formula is C13H12ClF2N3O. The first-order valence-corrected chi connectivity index (χ1v) is 6.51. The van der Waals surface area contributed by atoms with E-state index >= 15 is 0 Å². The third-order valence-electron chi connectivity index (χ3n) is 2.79. The van der Waals surface area contributed by atoms with E-state index in [-0.39, 0.29) is 16.5 Å². The van der Waals surface area contributed by atoms with Gasteiger partial charge in [-0.25, -0.2) is 13.5 Å². The number of ketones is 1. The lowest BCUT2D eigenvalue weighted by atomic mass is 10.1. The quantitative estimate of drug-likeness (QED) is 0.626.